The molecule has 0 aromatic rings. The normalized spacial score (nSPS) is 15.1. The van der Waals surface area contributed by atoms with Crippen molar-refractivity contribution in [1.29, 1.82) is 0 Å². The zero-order valence-electron chi connectivity index (χ0n) is 9.97. The second-order valence-corrected chi connectivity index (χ2v) is 4.01. The van der Waals surface area contributed by atoms with Crippen LogP contribution in [0.1, 0.15) is 6.92 Å². The molecule has 0 aromatic carbocycles. The molecule has 7 nitrogen and oxygen atoms in total. The molecule has 1 heterocycles. The van der Waals surface area contributed by atoms with Gasteiger partial charge in [-0.05, 0) is 6.92 Å². The molecule has 7 heteroatoms. The van der Waals surface area contributed by atoms with Crippen molar-refractivity contribution < 1.29 is 19.5 Å². The topological polar surface area (TPSA) is 90.0 Å². The molecule has 0 bridgehead atoms. The van der Waals surface area contributed by atoms with E-state index in [9.17, 15) is 14.4 Å². The highest BCUT2D eigenvalue weighted by molar-refractivity contribution is 5.85. The Bertz CT molecular complexity index is 326. The van der Waals surface area contributed by atoms with E-state index in [1.807, 2.05) is 6.92 Å². The monoisotopic (exact) mass is 243 g/mol. The van der Waals surface area contributed by atoms with Gasteiger partial charge in [-0.3, -0.25) is 9.59 Å². The molecule has 0 atom stereocenters. The first kappa shape index (κ1) is 13.3. The highest BCUT2D eigenvalue weighted by Gasteiger charge is 2.35. The Morgan fingerprint density at radius 2 is 2.00 bits per heavy atom. The number of likely N-dealkylation sites (N-methyl/N-ethyl adjacent to an activating group) is 1. The number of hydrogen-bond acceptors (Lipinski definition) is 3. The second kappa shape index (κ2) is 5.51. The number of carbonyl (C=O) groups excluding carboxylic acids is 2. The van der Waals surface area contributed by atoms with Crippen LogP contribution >= 0.6 is 0 Å². The number of carboxylic acids is 1. The van der Waals surface area contributed by atoms with Gasteiger partial charge < -0.3 is 20.2 Å². The lowest BCUT2D eigenvalue weighted by Crippen LogP contribution is -2.57. The average molecular weight is 243 g/mol. The summed E-state index contributed by atoms with van der Waals surface area (Å²) in [5.41, 5.74) is 0. The number of nitrogens with zero attached hydrogens (tertiary/aromatic N) is 2. The minimum Gasteiger partial charge on any atom is -0.481 e. The van der Waals surface area contributed by atoms with E-state index in [-0.39, 0.29) is 31.6 Å². The maximum absolute atomic E-state index is 11.5. The standard InChI is InChI=1S/C10H17N3O4/c1-3-12(2)8(14)4-11-10(17)13-5-7(6-13)9(15)16/h7H,3-6H2,1-2H3,(H,11,17)(H,15,16). The lowest BCUT2D eigenvalue weighted by atomic mass is 10.0. The van der Waals surface area contributed by atoms with Crippen LogP contribution in [-0.4, -0.2) is 66.0 Å². The lowest BCUT2D eigenvalue weighted by Gasteiger charge is -2.36. The van der Waals surface area contributed by atoms with Crippen molar-refractivity contribution >= 4 is 17.9 Å². The van der Waals surface area contributed by atoms with E-state index in [0.717, 1.165) is 0 Å². The van der Waals surface area contributed by atoms with E-state index in [0.29, 0.717) is 6.54 Å². The van der Waals surface area contributed by atoms with Gasteiger partial charge >= 0.3 is 12.0 Å². The van der Waals surface area contributed by atoms with Gasteiger partial charge in [0.25, 0.3) is 0 Å². The molecule has 1 aliphatic rings. The summed E-state index contributed by atoms with van der Waals surface area (Å²) >= 11 is 0. The molecule has 96 valence electrons. The minimum atomic E-state index is -0.893. The van der Waals surface area contributed by atoms with Crippen LogP contribution in [0.25, 0.3) is 0 Å². The van der Waals surface area contributed by atoms with Crippen molar-refractivity contribution in [3.63, 3.8) is 0 Å². The summed E-state index contributed by atoms with van der Waals surface area (Å²) < 4.78 is 0. The Morgan fingerprint density at radius 1 is 1.41 bits per heavy atom. The number of hydrogen-bond donors (Lipinski definition) is 2. The Labute approximate surface area is 99.4 Å². The van der Waals surface area contributed by atoms with Gasteiger partial charge in [-0.25, -0.2) is 4.79 Å². The first-order valence-corrected chi connectivity index (χ1v) is 5.45. The van der Waals surface area contributed by atoms with Crippen LogP contribution in [0.3, 0.4) is 0 Å². The Kier molecular flexibility index (Phi) is 4.30. The van der Waals surface area contributed by atoms with Crippen LogP contribution in [-0.2, 0) is 9.59 Å². The summed E-state index contributed by atoms with van der Waals surface area (Å²) in [5.74, 6) is -1.54. The van der Waals surface area contributed by atoms with Crippen LogP contribution in [0.4, 0.5) is 4.79 Å². The first-order chi connectivity index (χ1) is 7.95. The molecule has 0 unspecified atom stereocenters. The number of amides is 3. The number of nitrogens with one attached hydrogen (secondary N) is 1. The zero-order valence-corrected chi connectivity index (χ0v) is 9.97. The molecule has 0 spiro atoms. The summed E-state index contributed by atoms with van der Waals surface area (Å²) in [6, 6.07) is -0.389. The van der Waals surface area contributed by atoms with Crippen molar-refractivity contribution in [3.05, 3.63) is 0 Å². The van der Waals surface area contributed by atoms with Crippen molar-refractivity contribution in [3.8, 4) is 0 Å². The Balaban J connectivity index is 2.23. The van der Waals surface area contributed by atoms with Gasteiger partial charge in [0.1, 0.15) is 0 Å². The molecule has 1 saturated heterocycles. The quantitative estimate of drug-likeness (QED) is 0.675. The van der Waals surface area contributed by atoms with Crippen LogP contribution in [0.15, 0.2) is 0 Å². The molecule has 0 aliphatic carbocycles. The van der Waals surface area contributed by atoms with Crippen LogP contribution < -0.4 is 5.32 Å². The fraction of sp³-hybridized carbons (Fsp3) is 0.700. The molecular formula is C10H17N3O4. The number of likely N-dealkylation sites (tertiary alicyclic amines) is 1. The van der Waals surface area contributed by atoms with Crippen LogP contribution in [0.5, 0.6) is 0 Å². The fourth-order valence-corrected chi connectivity index (χ4v) is 1.37. The first-order valence-electron chi connectivity index (χ1n) is 5.45. The number of carbonyl (C=O) groups is 3. The van der Waals surface area contributed by atoms with E-state index < -0.39 is 11.9 Å². The third-order valence-electron chi connectivity index (χ3n) is 2.81. The van der Waals surface area contributed by atoms with E-state index in [1.165, 1.54) is 9.80 Å². The summed E-state index contributed by atoms with van der Waals surface area (Å²) in [4.78, 5) is 36.2. The second-order valence-electron chi connectivity index (χ2n) is 4.01. The van der Waals surface area contributed by atoms with Crippen LogP contribution in [0, 0.1) is 5.92 Å². The number of rotatable bonds is 4. The lowest BCUT2D eigenvalue weighted by molar-refractivity contribution is -0.146. The Morgan fingerprint density at radius 3 is 2.47 bits per heavy atom. The van der Waals surface area contributed by atoms with Gasteiger partial charge in [-0.1, -0.05) is 0 Å². The van der Waals surface area contributed by atoms with E-state index >= 15 is 0 Å². The highest BCUT2D eigenvalue weighted by atomic mass is 16.4. The predicted molar refractivity (Wildman–Crippen MR) is 59.4 cm³/mol. The zero-order chi connectivity index (χ0) is 13.0. The summed E-state index contributed by atoms with van der Waals surface area (Å²) in [7, 11) is 1.65. The molecule has 0 radical (unpaired) electrons. The molecular weight excluding hydrogens is 226 g/mol. The number of aliphatic carboxylic acids is 1. The summed E-state index contributed by atoms with van der Waals surface area (Å²) in [6.45, 7) is 2.78. The van der Waals surface area contributed by atoms with Crippen molar-refractivity contribution in [1.82, 2.24) is 15.1 Å². The number of urea groups is 1. The van der Waals surface area contributed by atoms with E-state index in [2.05, 4.69) is 5.32 Å². The molecule has 1 aliphatic heterocycles. The average Bonchev–Trinajstić information content (AvgIpc) is 2.21. The molecule has 17 heavy (non-hydrogen) atoms. The van der Waals surface area contributed by atoms with Crippen LogP contribution in [0.2, 0.25) is 0 Å². The van der Waals surface area contributed by atoms with Gasteiger partial charge in [-0.15, -0.1) is 0 Å². The van der Waals surface area contributed by atoms with Gasteiger partial charge in [-0.2, -0.15) is 0 Å². The predicted octanol–water partition coefficient (Wildman–Crippen LogP) is -0.809. The Hall–Kier alpha value is -1.79. The maximum atomic E-state index is 11.5. The maximum Gasteiger partial charge on any atom is 0.317 e. The van der Waals surface area contributed by atoms with Gasteiger partial charge in [0, 0.05) is 26.7 Å². The van der Waals surface area contributed by atoms with Gasteiger partial charge in [0.05, 0.1) is 12.5 Å². The molecule has 1 rings (SSSR count). The summed E-state index contributed by atoms with van der Waals surface area (Å²) in [6.07, 6.45) is 0. The molecule has 3 amide bonds. The van der Waals surface area contributed by atoms with Gasteiger partial charge in [0.2, 0.25) is 5.91 Å². The minimum absolute atomic E-state index is 0.0581. The molecule has 1 fully saturated rings. The summed E-state index contributed by atoms with van der Waals surface area (Å²) in [5, 5.41) is 11.1. The third kappa shape index (κ3) is 3.33. The fourth-order valence-electron chi connectivity index (χ4n) is 1.37. The SMILES string of the molecule is CCN(C)C(=O)CNC(=O)N1CC(C(=O)O)C1. The largest absolute Gasteiger partial charge is 0.481 e. The molecule has 0 saturated carbocycles. The van der Waals surface area contributed by atoms with E-state index in [4.69, 9.17) is 5.11 Å². The van der Waals surface area contributed by atoms with E-state index in [1.54, 1.807) is 7.05 Å². The van der Waals surface area contributed by atoms with Crippen molar-refractivity contribution in [2.24, 2.45) is 5.92 Å². The van der Waals surface area contributed by atoms with Crippen molar-refractivity contribution in [2.75, 3.05) is 33.2 Å². The third-order valence-corrected chi connectivity index (χ3v) is 2.81. The highest BCUT2D eigenvalue weighted by Crippen LogP contribution is 2.14. The smallest absolute Gasteiger partial charge is 0.317 e. The molecule has 0 aromatic heterocycles. The molecule has 2 N–H and O–H groups in total. The van der Waals surface area contributed by atoms with Gasteiger partial charge in [0.15, 0.2) is 0 Å². The number of carboxylic acid groups (broad SMARTS) is 1. The van der Waals surface area contributed by atoms with Crippen molar-refractivity contribution in [2.45, 2.75) is 6.92 Å².